The number of hydrogen-bond donors (Lipinski definition) is 1. The summed E-state index contributed by atoms with van der Waals surface area (Å²) in [5.41, 5.74) is 0. The molecule has 0 aliphatic heterocycles. The molecule has 1 aliphatic rings. The van der Waals surface area contributed by atoms with E-state index in [9.17, 15) is 0 Å². The zero-order chi connectivity index (χ0) is 10.4. The van der Waals surface area contributed by atoms with Gasteiger partial charge in [0.1, 0.15) is 0 Å². The van der Waals surface area contributed by atoms with Crippen molar-refractivity contribution in [3.63, 3.8) is 0 Å². The highest BCUT2D eigenvalue weighted by molar-refractivity contribution is 6.29. The molecule has 1 aliphatic carbocycles. The lowest BCUT2D eigenvalue weighted by atomic mass is 9.81. The average molecular weight is 216 g/mol. The predicted octanol–water partition coefficient (Wildman–Crippen LogP) is 3.54. The van der Waals surface area contributed by atoms with E-state index in [1.54, 1.807) is 0 Å². The molecule has 0 atom stereocenters. The fourth-order valence-corrected chi connectivity index (χ4v) is 2.35. The standard InChI is InChI=1S/C12H22ClN/c1-3-11-4-6-12(7-5-11)9-14-8-10(2)13/h11-12,14H,2-9H2,1H3. The summed E-state index contributed by atoms with van der Waals surface area (Å²) in [5, 5.41) is 4.07. The van der Waals surface area contributed by atoms with Crippen LogP contribution in [0.1, 0.15) is 39.0 Å². The van der Waals surface area contributed by atoms with Crippen molar-refractivity contribution in [2.45, 2.75) is 39.0 Å². The van der Waals surface area contributed by atoms with Crippen LogP contribution in [0, 0.1) is 11.8 Å². The van der Waals surface area contributed by atoms with Crippen molar-refractivity contribution in [1.29, 1.82) is 0 Å². The van der Waals surface area contributed by atoms with E-state index in [1.165, 1.54) is 32.1 Å². The van der Waals surface area contributed by atoms with Crippen LogP contribution < -0.4 is 5.32 Å². The molecule has 0 aromatic rings. The Labute approximate surface area is 92.9 Å². The van der Waals surface area contributed by atoms with Crippen molar-refractivity contribution in [2.75, 3.05) is 13.1 Å². The highest BCUT2D eigenvalue weighted by atomic mass is 35.5. The van der Waals surface area contributed by atoms with Gasteiger partial charge in [-0.2, -0.15) is 0 Å². The van der Waals surface area contributed by atoms with E-state index < -0.39 is 0 Å². The third-order valence-corrected chi connectivity index (χ3v) is 3.43. The highest BCUT2D eigenvalue weighted by Crippen LogP contribution is 2.29. The Kier molecular flexibility index (Phi) is 5.57. The van der Waals surface area contributed by atoms with Gasteiger partial charge in [-0.1, -0.05) is 44.4 Å². The third kappa shape index (κ3) is 4.47. The first kappa shape index (κ1) is 12.1. The first-order valence-electron chi connectivity index (χ1n) is 5.76. The number of nitrogens with one attached hydrogen (secondary N) is 1. The summed E-state index contributed by atoms with van der Waals surface area (Å²) >= 11 is 5.68. The second-order valence-electron chi connectivity index (χ2n) is 4.44. The molecule has 0 spiro atoms. The topological polar surface area (TPSA) is 12.0 Å². The Morgan fingerprint density at radius 1 is 1.29 bits per heavy atom. The Balaban J connectivity index is 2.07. The summed E-state index contributed by atoms with van der Waals surface area (Å²) in [6, 6.07) is 0. The predicted molar refractivity (Wildman–Crippen MR) is 63.6 cm³/mol. The zero-order valence-corrected chi connectivity index (χ0v) is 9.95. The normalized spacial score (nSPS) is 27.6. The maximum atomic E-state index is 5.68. The van der Waals surface area contributed by atoms with Gasteiger partial charge in [0, 0.05) is 11.6 Å². The van der Waals surface area contributed by atoms with E-state index in [4.69, 9.17) is 11.6 Å². The van der Waals surface area contributed by atoms with Crippen molar-refractivity contribution in [3.05, 3.63) is 11.6 Å². The molecule has 1 nitrogen and oxygen atoms in total. The molecule has 82 valence electrons. The van der Waals surface area contributed by atoms with Crippen LogP contribution in [0.5, 0.6) is 0 Å². The van der Waals surface area contributed by atoms with Crippen LogP contribution in [-0.4, -0.2) is 13.1 Å². The fraction of sp³-hybridized carbons (Fsp3) is 0.833. The molecule has 0 aromatic carbocycles. The third-order valence-electron chi connectivity index (χ3n) is 3.29. The maximum Gasteiger partial charge on any atom is 0.0307 e. The first-order chi connectivity index (χ1) is 6.72. The molecule has 0 bridgehead atoms. The number of halogens is 1. The van der Waals surface area contributed by atoms with Crippen molar-refractivity contribution in [2.24, 2.45) is 11.8 Å². The molecular formula is C12H22ClN. The lowest BCUT2D eigenvalue weighted by molar-refractivity contribution is 0.264. The summed E-state index contributed by atoms with van der Waals surface area (Å²) < 4.78 is 0. The van der Waals surface area contributed by atoms with Gasteiger partial charge in [-0.3, -0.25) is 0 Å². The number of hydrogen-bond acceptors (Lipinski definition) is 1. The van der Waals surface area contributed by atoms with Crippen molar-refractivity contribution in [1.82, 2.24) is 5.32 Å². The van der Waals surface area contributed by atoms with E-state index in [-0.39, 0.29) is 0 Å². The molecule has 1 saturated carbocycles. The van der Waals surface area contributed by atoms with E-state index in [0.29, 0.717) is 5.03 Å². The zero-order valence-electron chi connectivity index (χ0n) is 9.19. The van der Waals surface area contributed by atoms with Crippen LogP contribution in [-0.2, 0) is 0 Å². The van der Waals surface area contributed by atoms with Gasteiger partial charge in [-0.15, -0.1) is 0 Å². The lowest BCUT2D eigenvalue weighted by Crippen LogP contribution is -2.27. The monoisotopic (exact) mass is 215 g/mol. The number of rotatable bonds is 5. The van der Waals surface area contributed by atoms with E-state index in [2.05, 4.69) is 18.8 Å². The van der Waals surface area contributed by atoms with Gasteiger partial charge >= 0.3 is 0 Å². The minimum atomic E-state index is 0.715. The van der Waals surface area contributed by atoms with Gasteiger partial charge < -0.3 is 5.32 Å². The van der Waals surface area contributed by atoms with Crippen LogP contribution in [0.2, 0.25) is 0 Å². The largest absolute Gasteiger partial charge is 0.312 e. The molecule has 1 fully saturated rings. The molecule has 1 N–H and O–H groups in total. The molecule has 0 unspecified atom stereocenters. The molecule has 0 saturated heterocycles. The van der Waals surface area contributed by atoms with Crippen LogP contribution in [0.3, 0.4) is 0 Å². The highest BCUT2D eigenvalue weighted by Gasteiger charge is 2.19. The quantitative estimate of drug-likeness (QED) is 0.740. The second-order valence-corrected chi connectivity index (χ2v) is 4.98. The average Bonchev–Trinajstić information content (AvgIpc) is 2.18. The minimum absolute atomic E-state index is 0.715. The van der Waals surface area contributed by atoms with Crippen LogP contribution >= 0.6 is 11.6 Å². The SMILES string of the molecule is C=C(Cl)CNCC1CCC(CC)CC1. The molecule has 2 heteroatoms. The summed E-state index contributed by atoms with van der Waals surface area (Å²) in [5.74, 6) is 1.86. The second kappa shape index (κ2) is 6.47. The molecule has 0 radical (unpaired) electrons. The van der Waals surface area contributed by atoms with Crippen LogP contribution in [0.4, 0.5) is 0 Å². The molecule has 0 amide bonds. The van der Waals surface area contributed by atoms with Crippen molar-refractivity contribution in [3.8, 4) is 0 Å². The molecule has 14 heavy (non-hydrogen) atoms. The van der Waals surface area contributed by atoms with E-state index >= 15 is 0 Å². The maximum absolute atomic E-state index is 5.68. The van der Waals surface area contributed by atoms with Gasteiger partial charge in [0.25, 0.3) is 0 Å². The first-order valence-corrected chi connectivity index (χ1v) is 6.14. The minimum Gasteiger partial charge on any atom is -0.312 e. The summed E-state index contributed by atoms with van der Waals surface area (Å²) in [7, 11) is 0. The Morgan fingerprint density at radius 3 is 2.36 bits per heavy atom. The smallest absolute Gasteiger partial charge is 0.0307 e. The lowest BCUT2D eigenvalue weighted by Gasteiger charge is -2.27. The van der Waals surface area contributed by atoms with Crippen LogP contribution in [0.15, 0.2) is 11.6 Å². The molecule has 1 rings (SSSR count). The van der Waals surface area contributed by atoms with Crippen molar-refractivity contribution >= 4 is 11.6 Å². The van der Waals surface area contributed by atoms with E-state index in [1.807, 2.05) is 0 Å². The van der Waals surface area contributed by atoms with Gasteiger partial charge in [-0.05, 0) is 31.2 Å². The molecular weight excluding hydrogens is 194 g/mol. The molecule has 0 heterocycles. The summed E-state index contributed by atoms with van der Waals surface area (Å²) in [6.07, 6.45) is 6.98. The summed E-state index contributed by atoms with van der Waals surface area (Å²) in [6.45, 7) is 7.84. The molecule has 0 aromatic heterocycles. The Bertz CT molecular complexity index is 171. The fourth-order valence-electron chi connectivity index (χ4n) is 2.26. The summed E-state index contributed by atoms with van der Waals surface area (Å²) in [4.78, 5) is 0. The van der Waals surface area contributed by atoms with Crippen molar-refractivity contribution < 1.29 is 0 Å². The van der Waals surface area contributed by atoms with Gasteiger partial charge in [0.2, 0.25) is 0 Å². The van der Waals surface area contributed by atoms with Gasteiger partial charge in [-0.25, -0.2) is 0 Å². The van der Waals surface area contributed by atoms with Crippen LogP contribution in [0.25, 0.3) is 0 Å². The Hall–Kier alpha value is -0.0100. The van der Waals surface area contributed by atoms with Gasteiger partial charge in [0.05, 0.1) is 0 Å². The Morgan fingerprint density at radius 2 is 1.86 bits per heavy atom. The van der Waals surface area contributed by atoms with Gasteiger partial charge in [0.15, 0.2) is 0 Å². The van der Waals surface area contributed by atoms with E-state index in [0.717, 1.165) is 24.9 Å².